The van der Waals surface area contributed by atoms with Crippen molar-refractivity contribution in [2.24, 2.45) is 0 Å². The second-order valence-corrected chi connectivity index (χ2v) is 6.66. The molecular weight excluding hydrogens is 274 g/mol. The molecule has 0 saturated heterocycles. The molecule has 1 heterocycles. The van der Waals surface area contributed by atoms with E-state index in [9.17, 15) is 13.2 Å². The van der Waals surface area contributed by atoms with Gasteiger partial charge in [0.25, 0.3) is 0 Å². The lowest BCUT2D eigenvalue weighted by Gasteiger charge is -2.13. The van der Waals surface area contributed by atoms with Gasteiger partial charge in [0.2, 0.25) is 5.56 Å². The highest BCUT2D eigenvalue weighted by Gasteiger charge is 2.17. The molecule has 2 rings (SSSR count). The lowest BCUT2D eigenvalue weighted by atomic mass is 9.97. The Balaban J connectivity index is 2.81. The van der Waals surface area contributed by atoms with Crippen molar-refractivity contribution in [1.29, 1.82) is 0 Å². The maximum atomic E-state index is 11.9. The summed E-state index contributed by atoms with van der Waals surface area (Å²) < 4.78 is 23.8. The summed E-state index contributed by atoms with van der Waals surface area (Å²) in [4.78, 5) is 14.0. The third-order valence-corrected chi connectivity index (χ3v) is 4.09. The minimum Gasteiger partial charge on any atom is -0.328 e. The number of nitrogens with one attached hydrogen (secondary N) is 1. The summed E-state index contributed by atoms with van der Waals surface area (Å²) in [6.07, 6.45) is 2.74. The number of sulfone groups is 1. The van der Waals surface area contributed by atoms with E-state index in [1.54, 1.807) is 31.3 Å². The quantitative estimate of drug-likeness (QED) is 0.944. The molecule has 0 aliphatic carbocycles. The topological polar surface area (TPSA) is 67.0 Å². The molecule has 0 bridgehead atoms. The summed E-state index contributed by atoms with van der Waals surface area (Å²) >= 11 is 0. The zero-order chi connectivity index (χ0) is 14.9. The average molecular weight is 289 g/mol. The number of hydrogen-bond acceptors (Lipinski definition) is 3. The maximum absolute atomic E-state index is 11.9. The fourth-order valence-corrected chi connectivity index (χ4v) is 3.08. The molecule has 0 aliphatic heterocycles. The van der Waals surface area contributed by atoms with E-state index in [0.717, 1.165) is 11.1 Å². The van der Waals surface area contributed by atoms with E-state index in [1.165, 1.54) is 12.3 Å². The highest BCUT2D eigenvalue weighted by atomic mass is 32.2. The van der Waals surface area contributed by atoms with Crippen molar-refractivity contribution < 1.29 is 8.42 Å². The van der Waals surface area contributed by atoms with E-state index < -0.39 is 9.84 Å². The maximum Gasteiger partial charge on any atom is 0.247 e. The van der Waals surface area contributed by atoms with Gasteiger partial charge in [0.1, 0.15) is 0 Å². The smallest absolute Gasteiger partial charge is 0.247 e. The average Bonchev–Trinajstić information content (AvgIpc) is 2.37. The molecular formula is C15H15NO3S. The number of rotatable bonds is 3. The monoisotopic (exact) mass is 289 g/mol. The van der Waals surface area contributed by atoms with Gasteiger partial charge in [-0.15, -0.1) is 0 Å². The molecule has 0 atom stereocenters. The molecule has 1 aromatic carbocycles. The molecule has 1 N–H and O–H groups in total. The molecule has 20 heavy (non-hydrogen) atoms. The summed E-state index contributed by atoms with van der Waals surface area (Å²) in [5, 5.41) is 0. The Hall–Kier alpha value is -2.14. The number of hydrogen-bond donors (Lipinski definition) is 1. The van der Waals surface area contributed by atoms with Crippen LogP contribution in [0, 0.1) is 0 Å². The number of H-pyrrole nitrogens is 1. The molecule has 1 aromatic heterocycles. The number of benzene rings is 1. The van der Waals surface area contributed by atoms with Gasteiger partial charge in [0.05, 0.1) is 4.90 Å². The van der Waals surface area contributed by atoms with Crippen LogP contribution in [0.3, 0.4) is 0 Å². The van der Waals surface area contributed by atoms with Crippen molar-refractivity contribution in [2.45, 2.75) is 11.8 Å². The van der Waals surface area contributed by atoms with Crippen molar-refractivity contribution in [1.82, 2.24) is 4.98 Å². The molecule has 0 spiro atoms. The Morgan fingerprint density at radius 2 is 1.90 bits per heavy atom. The Labute approximate surface area is 117 Å². The fourth-order valence-electron chi connectivity index (χ4n) is 2.10. The zero-order valence-corrected chi connectivity index (χ0v) is 12.1. The van der Waals surface area contributed by atoms with Gasteiger partial charge in [-0.3, -0.25) is 4.79 Å². The summed E-state index contributed by atoms with van der Waals surface area (Å²) in [6, 6.07) is 8.13. The Morgan fingerprint density at radius 1 is 1.20 bits per heavy atom. The van der Waals surface area contributed by atoms with Gasteiger partial charge in [-0.1, -0.05) is 18.7 Å². The molecule has 0 amide bonds. The van der Waals surface area contributed by atoms with Crippen LogP contribution < -0.4 is 5.56 Å². The van der Waals surface area contributed by atoms with Gasteiger partial charge in [-0.25, -0.2) is 8.42 Å². The molecule has 0 radical (unpaired) electrons. The zero-order valence-electron chi connectivity index (χ0n) is 11.3. The molecule has 104 valence electrons. The van der Waals surface area contributed by atoms with Crippen molar-refractivity contribution >= 4 is 15.4 Å². The first-order valence-electron chi connectivity index (χ1n) is 5.99. The lowest BCUT2D eigenvalue weighted by Crippen LogP contribution is -2.05. The summed E-state index contributed by atoms with van der Waals surface area (Å²) in [5.41, 5.74) is 2.52. The van der Waals surface area contributed by atoms with Crippen molar-refractivity contribution in [3.8, 4) is 11.1 Å². The van der Waals surface area contributed by atoms with E-state index in [0.29, 0.717) is 11.1 Å². The third kappa shape index (κ3) is 2.72. The second-order valence-electron chi connectivity index (χ2n) is 4.67. The molecule has 0 fully saturated rings. The van der Waals surface area contributed by atoms with Gasteiger partial charge in [0.15, 0.2) is 9.84 Å². The van der Waals surface area contributed by atoms with Crippen molar-refractivity contribution in [2.75, 3.05) is 6.26 Å². The van der Waals surface area contributed by atoms with Gasteiger partial charge in [0, 0.05) is 24.1 Å². The van der Waals surface area contributed by atoms with E-state index >= 15 is 0 Å². The fraction of sp³-hybridized carbons (Fsp3) is 0.133. The SMILES string of the molecule is C=C(C)c1c(-c2ccc(=O)[nH]c2)cccc1S(C)(=O)=O. The largest absolute Gasteiger partial charge is 0.328 e. The van der Waals surface area contributed by atoms with Gasteiger partial charge in [-0.05, 0) is 35.8 Å². The molecule has 0 unspecified atom stereocenters. The van der Waals surface area contributed by atoms with Crippen LogP contribution in [0.15, 0.2) is 52.8 Å². The number of aromatic amines is 1. The summed E-state index contributed by atoms with van der Waals surface area (Å²) in [7, 11) is -3.35. The van der Waals surface area contributed by atoms with Gasteiger partial charge >= 0.3 is 0 Å². The summed E-state index contributed by atoms with van der Waals surface area (Å²) in [5.74, 6) is 0. The molecule has 2 aromatic rings. The van der Waals surface area contributed by atoms with Gasteiger partial charge < -0.3 is 4.98 Å². The van der Waals surface area contributed by atoms with Crippen LogP contribution in [0.5, 0.6) is 0 Å². The summed E-state index contributed by atoms with van der Waals surface area (Å²) in [6.45, 7) is 5.63. The Bertz CT molecular complexity index is 812. The van der Waals surface area contributed by atoms with Crippen LogP contribution >= 0.6 is 0 Å². The van der Waals surface area contributed by atoms with Crippen LogP contribution in [-0.2, 0) is 9.84 Å². The number of allylic oxidation sites excluding steroid dienone is 1. The van der Waals surface area contributed by atoms with Crippen LogP contribution in [0.2, 0.25) is 0 Å². The minimum atomic E-state index is -3.35. The van der Waals surface area contributed by atoms with Crippen LogP contribution in [0.25, 0.3) is 16.7 Å². The predicted octanol–water partition coefficient (Wildman–Crippen LogP) is 2.48. The lowest BCUT2D eigenvalue weighted by molar-refractivity contribution is 0.601. The van der Waals surface area contributed by atoms with Crippen molar-refractivity contribution in [3.63, 3.8) is 0 Å². The minimum absolute atomic E-state index is 0.204. The molecule has 4 nitrogen and oxygen atoms in total. The standard InChI is InChI=1S/C15H15NO3S/c1-10(2)15-12(11-7-8-14(17)16-9-11)5-4-6-13(15)20(3,18)19/h4-9H,1H2,2-3H3,(H,16,17). The van der Waals surface area contributed by atoms with E-state index in [4.69, 9.17) is 0 Å². The first kappa shape index (κ1) is 14.3. The highest BCUT2D eigenvalue weighted by Crippen LogP contribution is 2.32. The molecule has 0 aliphatic rings. The Morgan fingerprint density at radius 3 is 2.40 bits per heavy atom. The third-order valence-electron chi connectivity index (χ3n) is 2.95. The second kappa shape index (κ2) is 5.09. The first-order valence-corrected chi connectivity index (χ1v) is 7.88. The van der Waals surface area contributed by atoms with Crippen LogP contribution in [0.4, 0.5) is 0 Å². The first-order chi connectivity index (χ1) is 9.30. The molecule has 5 heteroatoms. The van der Waals surface area contributed by atoms with Gasteiger partial charge in [-0.2, -0.15) is 0 Å². The highest BCUT2D eigenvalue weighted by molar-refractivity contribution is 7.90. The van der Waals surface area contributed by atoms with E-state index in [2.05, 4.69) is 11.6 Å². The molecule has 0 saturated carbocycles. The number of aromatic nitrogens is 1. The van der Waals surface area contributed by atoms with Crippen LogP contribution in [0.1, 0.15) is 12.5 Å². The van der Waals surface area contributed by atoms with E-state index in [1.807, 2.05) is 6.07 Å². The normalized spacial score (nSPS) is 11.3. The predicted molar refractivity (Wildman–Crippen MR) is 80.3 cm³/mol. The number of pyridine rings is 1. The van der Waals surface area contributed by atoms with E-state index in [-0.39, 0.29) is 10.5 Å². The Kier molecular flexibility index (Phi) is 3.63. The van der Waals surface area contributed by atoms with Crippen LogP contribution in [-0.4, -0.2) is 19.7 Å². The van der Waals surface area contributed by atoms with Crippen molar-refractivity contribution in [3.05, 3.63) is 59.0 Å².